The first-order chi connectivity index (χ1) is 33.2. The van der Waals surface area contributed by atoms with Crippen molar-refractivity contribution in [2.75, 3.05) is 0 Å². The first kappa shape index (κ1) is 38.1. The van der Waals surface area contributed by atoms with Crippen LogP contribution in [0.5, 0.6) is 0 Å². The van der Waals surface area contributed by atoms with Crippen molar-refractivity contribution < 1.29 is 4.42 Å². The van der Waals surface area contributed by atoms with Crippen molar-refractivity contribution in [3.63, 3.8) is 0 Å². The number of fused-ring (bicyclic) bond motifs is 6. The Labute approximate surface area is 384 Å². The van der Waals surface area contributed by atoms with Crippen molar-refractivity contribution in [1.29, 1.82) is 0 Å². The second-order valence-corrected chi connectivity index (χ2v) is 16.4. The van der Waals surface area contributed by atoms with Crippen LogP contribution >= 0.6 is 0 Å². The molecule has 0 aliphatic heterocycles. The maximum Gasteiger partial charge on any atom is 0.250 e. The molecule has 0 aliphatic rings. The van der Waals surface area contributed by atoms with Crippen LogP contribution in [-0.2, 0) is 0 Å². The largest absolute Gasteiger partial charge is 0.416 e. The van der Waals surface area contributed by atoms with Gasteiger partial charge < -0.3 is 4.42 Å². The van der Waals surface area contributed by atoms with E-state index in [1.807, 2.05) is 109 Å². The molecule has 0 N–H and O–H groups in total. The van der Waals surface area contributed by atoms with Crippen molar-refractivity contribution in [1.82, 2.24) is 39.3 Å². The van der Waals surface area contributed by atoms with E-state index in [2.05, 4.69) is 118 Å². The van der Waals surface area contributed by atoms with Gasteiger partial charge in [-0.1, -0.05) is 176 Å². The molecule has 0 unspecified atom stereocenters. The van der Waals surface area contributed by atoms with Crippen LogP contribution < -0.4 is 0 Å². The van der Waals surface area contributed by atoms with Gasteiger partial charge in [0.25, 0.3) is 0 Å². The molecule has 13 rings (SSSR count). The monoisotopic (exact) mass is 860 g/mol. The van der Waals surface area contributed by atoms with Gasteiger partial charge >= 0.3 is 0 Å². The predicted molar refractivity (Wildman–Crippen MR) is 267 cm³/mol. The van der Waals surface area contributed by atoms with E-state index in [0.29, 0.717) is 23.7 Å². The van der Waals surface area contributed by atoms with Crippen LogP contribution in [0.4, 0.5) is 0 Å². The summed E-state index contributed by atoms with van der Waals surface area (Å²) < 4.78 is 11.1. The molecule has 0 bridgehead atoms. The number of aromatic nitrogens is 8. The summed E-state index contributed by atoms with van der Waals surface area (Å²) in [7, 11) is 0. The van der Waals surface area contributed by atoms with E-state index in [-0.39, 0.29) is 0 Å². The number of nitrogens with zero attached hydrogens (tertiary/aromatic N) is 8. The molecule has 0 atom stereocenters. The van der Waals surface area contributed by atoms with Crippen molar-refractivity contribution in [3.05, 3.63) is 218 Å². The maximum absolute atomic E-state index is 6.85. The van der Waals surface area contributed by atoms with Gasteiger partial charge in [0, 0.05) is 49.4 Å². The maximum atomic E-state index is 6.85. The summed E-state index contributed by atoms with van der Waals surface area (Å²) in [5, 5.41) is 13.6. The molecule has 0 spiro atoms. The Balaban J connectivity index is 1.00. The molecule has 5 aromatic heterocycles. The smallest absolute Gasteiger partial charge is 0.250 e. The summed E-state index contributed by atoms with van der Waals surface area (Å²) in [5.74, 6) is 1.86. The lowest BCUT2D eigenvalue weighted by molar-refractivity contribution is 0.585. The van der Waals surface area contributed by atoms with Gasteiger partial charge in [0.2, 0.25) is 23.7 Å². The zero-order chi connectivity index (χ0) is 44.3. The molecule has 0 radical (unpaired) electrons. The van der Waals surface area contributed by atoms with Crippen molar-refractivity contribution in [2.45, 2.75) is 0 Å². The topological polar surface area (TPSA) is 100 Å². The van der Waals surface area contributed by atoms with Gasteiger partial charge in [-0.25, -0.2) is 19.9 Å². The van der Waals surface area contributed by atoms with Crippen LogP contribution in [0.3, 0.4) is 0 Å². The molecular weight excluding hydrogens is 825 g/mol. The second-order valence-electron chi connectivity index (χ2n) is 16.4. The van der Waals surface area contributed by atoms with Gasteiger partial charge in [0.15, 0.2) is 0 Å². The summed E-state index contributed by atoms with van der Waals surface area (Å²) in [5.41, 5.74) is 12.5. The molecule has 0 fully saturated rings. The number of hydrogen-bond donors (Lipinski definition) is 0. The lowest BCUT2D eigenvalue weighted by Crippen LogP contribution is -2.04. The van der Waals surface area contributed by atoms with E-state index >= 15 is 0 Å². The summed E-state index contributed by atoms with van der Waals surface area (Å²) >= 11 is 0. The van der Waals surface area contributed by atoms with Gasteiger partial charge in [-0.05, 0) is 42.5 Å². The minimum Gasteiger partial charge on any atom is -0.416 e. The molecule has 9 nitrogen and oxygen atoms in total. The fourth-order valence-corrected chi connectivity index (χ4v) is 9.35. The first-order valence-electron chi connectivity index (χ1n) is 22.1. The fraction of sp³-hybridized carbons (Fsp3) is 0. The normalized spacial score (nSPS) is 11.6. The molecule has 8 aromatic carbocycles. The van der Waals surface area contributed by atoms with Crippen LogP contribution in [0.1, 0.15) is 0 Å². The molecule has 0 saturated carbocycles. The van der Waals surface area contributed by atoms with E-state index in [1.165, 1.54) is 0 Å². The number of hydrogen-bond acceptors (Lipinski definition) is 7. The molecular formula is C58H36N8O. The Morgan fingerprint density at radius 2 is 0.701 bits per heavy atom. The van der Waals surface area contributed by atoms with Gasteiger partial charge in [-0.2, -0.15) is 0 Å². The average molecular weight is 861 g/mol. The van der Waals surface area contributed by atoms with Crippen LogP contribution in [0, 0.1) is 0 Å². The Kier molecular flexibility index (Phi) is 8.95. The zero-order valence-corrected chi connectivity index (χ0v) is 35.8. The molecule has 314 valence electrons. The number of rotatable bonds is 8. The Hall–Kier alpha value is -9.34. The van der Waals surface area contributed by atoms with Gasteiger partial charge in [0.05, 0.1) is 50.4 Å². The third kappa shape index (κ3) is 6.48. The lowest BCUT2D eigenvalue weighted by Gasteiger charge is -2.12. The number of benzene rings is 8. The summed E-state index contributed by atoms with van der Waals surface area (Å²) in [6, 6.07) is 74.1. The Bertz CT molecular complexity index is 3860. The van der Waals surface area contributed by atoms with Gasteiger partial charge in [0.1, 0.15) is 0 Å². The molecule has 13 aromatic rings. The van der Waals surface area contributed by atoms with E-state index in [9.17, 15) is 0 Å². The molecule has 5 heterocycles. The third-order valence-electron chi connectivity index (χ3n) is 12.4. The predicted octanol–water partition coefficient (Wildman–Crippen LogP) is 13.8. The van der Waals surface area contributed by atoms with Crippen LogP contribution in [-0.4, -0.2) is 39.3 Å². The van der Waals surface area contributed by atoms with Crippen molar-refractivity contribution >= 4 is 43.6 Å². The van der Waals surface area contributed by atoms with E-state index in [0.717, 1.165) is 99.8 Å². The Morgan fingerprint density at radius 1 is 0.313 bits per heavy atom. The van der Waals surface area contributed by atoms with Crippen LogP contribution in [0.15, 0.2) is 223 Å². The molecule has 0 amide bonds. The highest BCUT2D eigenvalue weighted by Gasteiger charge is 2.25. The van der Waals surface area contributed by atoms with E-state index in [1.54, 1.807) is 0 Å². The van der Waals surface area contributed by atoms with Crippen LogP contribution in [0.25, 0.3) is 123 Å². The fourth-order valence-electron chi connectivity index (χ4n) is 9.35. The van der Waals surface area contributed by atoms with Gasteiger partial charge in [-0.15, -0.1) is 10.2 Å². The van der Waals surface area contributed by atoms with Crippen molar-refractivity contribution in [2.24, 2.45) is 0 Å². The molecule has 67 heavy (non-hydrogen) atoms. The first-order valence-corrected chi connectivity index (χ1v) is 22.1. The van der Waals surface area contributed by atoms with Gasteiger partial charge in [-0.3, -0.25) is 9.13 Å². The second kappa shape index (κ2) is 15.7. The Morgan fingerprint density at radius 3 is 1.24 bits per heavy atom. The minimum atomic E-state index is 0.374. The average Bonchev–Trinajstić information content (AvgIpc) is 4.13. The summed E-state index contributed by atoms with van der Waals surface area (Å²) in [4.78, 5) is 21.0. The third-order valence-corrected chi connectivity index (χ3v) is 12.4. The zero-order valence-electron chi connectivity index (χ0n) is 35.8. The van der Waals surface area contributed by atoms with E-state index < -0.39 is 0 Å². The lowest BCUT2D eigenvalue weighted by atomic mass is 10.1. The SMILES string of the molecule is c1ccc(-c2cc(-c3ccccc3)nc(-n3c4ccccc4c4c(-c5nnc(-c6cccc7c8ccccc8n(-c8nc(-c9ccccc9)cc(-c9ccccc9)n8)c67)o5)cccc43)n2)cc1. The highest BCUT2D eigenvalue weighted by atomic mass is 16.4. The van der Waals surface area contributed by atoms with E-state index in [4.69, 9.17) is 34.6 Å². The minimum absolute atomic E-state index is 0.374. The van der Waals surface area contributed by atoms with Crippen LogP contribution in [0.2, 0.25) is 0 Å². The summed E-state index contributed by atoms with van der Waals surface area (Å²) in [6.45, 7) is 0. The quantitative estimate of drug-likeness (QED) is 0.150. The highest BCUT2D eigenvalue weighted by Crippen LogP contribution is 2.42. The molecule has 0 aliphatic carbocycles. The molecule has 0 saturated heterocycles. The number of para-hydroxylation sites is 3. The highest BCUT2D eigenvalue weighted by molar-refractivity contribution is 6.15. The van der Waals surface area contributed by atoms with Crippen molar-refractivity contribution in [3.8, 4) is 79.8 Å². The standard InChI is InChI=1S/C58H36N8O/c1-5-19-37(20-6-1)46-35-47(38-21-7-2-8-22-38)60-57(59-46)65-51-33-16-14-28-43(51)53-44(30-18-34-52(53)65)55-63-64-56(67-55)45-31-17-29-42-41-27-13-15-32-50(41)66(54(42)45)58-61-48(39-23-9-3-10-24-39)36-49(62-58)40-25-11-4-12-26-40/h1-36H. The molecule has 9 heteroatoms. The summed E-state index contributed by atoms with van der Waals surface area (Å²) in [6.07, 6.45) is 0.